The molecule has 1 unspecified atom stereocenters. The number of aromatic amines is 1. The van der Waals surface area contributed by atoms with Crippen LogP contribution in [0.2, 0.25) is 0 Å². The van der Waals surface area contributed by atoms with Gasteiger partial charge in [0.05, 0.1) is 34.2 Å². The fraction of sp³-hybridized carbons (Fsp3) is 0.353. The number of fused-ring (bicyclic) bond motifs is 3. The van der Waals surface area contributed by atoms with E-state index in [-0.39, 0.29) is 23.6 Å². The van der Waals surface area contributed by atoms with E-state index in [0.717, 1.165) is 27.7 Å². The molecule has 0 bridgehead atoms. The highest BCUT2D eigenvalue weighted by Gasteiger charge is 2.37. The Kier molecular flexibility index (Phi) is 7.10. The molecule has 6 heterocycles. The standard InChI is InChI=1S/C34H36FN9O2/c1-7-24(45)42-14-15-43-21(17-42)11-13-41(6)31-26-32(43)39-34(46)44(30-20(5)10-12-36-28(30)18(2)3)33(26)38-29(27(31)35)25-19(4)8-9-23-22(25)16-37-40-23/h7-10,12,16,18,21H,1,11,13-15,17H2,2-6H3,(H,37,40). The average molecular weight is 622 g/mol. The molecule has 2 aliphatic rings. The van der Waals surface area contributed by atoms with Gasteiger partial charge < -0.3 is 14.7 Å². The Bertz CT molecular complexity index is 2120. The molecule has 7 rings (SSSR count). The number of hydrogen-bond donors (Lipinski definition) is 1. The zero-order chi connectivity index (χ0) is 32.4. The van der Waals surface area contributed by atoms with Crippen LogP contribution in [0, 0.1) is 19.7 Å². The number of nitrogens with one attached hydrogen (secondary N) is 1. The van der Waals surface area contributed by atoms with Crippen LogP contribution in [0.4, 0.5) is 15.9 Å². The molecule has 1 fully saturated rings. The number of hydrogen-bond acceptors (Lipinski definition) is 8. The van der Waals surface area contributed by atoms with Gasteiger partial charge in [-0.15, -0.1) is 0 Å². The summed E-state index contributed by atoms with van der Waals surface area (Å²) < 4.78 is 18.8. The molecule has 236 valence electrons. The molecule has 0 saturated carbocycles. The molecule has 1 amide bonds. The molecule has 0 aliphatic carbocycles. The lowest BCUT2D eigenvalue weighted by Crippen LogP contribution is -2.56. The second-order valence-corrected chi connectivity index (χ2v) is 12.5. The smallest absolute Gasteiger partial charge is 0.355 e. The van der Waals surface area contributed by atoms with Crippen LogP contribution in [0.5, 0.6) is 0 Å². The normalized spacial score (nSPS) is 16.6. The highest BCUT2D eigenvalue weighted by Crippen LogP contribution is 2.43. The van der Waals surface area contributed by atoms with Gasteiger partial charge in [0.1, 0.15) is 11.5 Å². The van der Waals surface area contributed by atoms with E-state index in [1.807, 2.05) is 57.8 Å². The van der Waals surface area contributed by atoms with Crippen LogP contribution < -0.4 is 15.5 Å². The summed E-state index contributed by atoms with van der Waals surface area (Å²) in [6.07, 6.45) is 5.35. The van der Waals surface area contributed by atoms with Crippen LogP contribution in [0.3, 0.4) is 0 Å². The minimum atomic E-state index is -0.527. The molecular formula is C34H36FN9O2. The summed E-state index contributed by atoms with van der Waals surface area (Å²) in [5, 5.41) is 8.39. The Morgan fingerprint density at radius 3 is 2.67 bits per heavy atom. The lowest BCUT2D eigenvalue weighted by molar-refractivity contribution is -0.126. The maximum absolute atomic E-state index is 17.3. The van der Waals surface area contributed by atoms with E-state index in [1.165, 1.54) is 10.6 Å². The molecule has 1 saturated heterocycles. The van der Waals surface area contributed by atoms with Gasteiger partial charge in [0.15, 0.2) is 11.5 Å². The van der Waals surface area contributed by atoms with Gasteiger partial charge in [0, 0.05) is 56.4 Å². The van der Waals surface area contributed by atoms with Crippen molar-refractivity contribution in [1.82, 2.24) is 34.6 Å². The Labute approximate surface area is 265 Å². The van der Waals surface area contributed by atoms with Crippen molar-refractivity contribution in [3.8, 4) is 16.9 Å². The number of carbonyl (C=O) groups excluding carboxylic acids is 1. The van der Waals surface area contributed by atoms with Crippen molar-refractivity contribution < 1.29 is 9.18 Å². The summed E-state index contributed by atoms with van der Waals surface area (Å²) in [5.41, 5.74) is 4.57. The first-order chi connectivity index (χ1) is 22.1. The third-order valence-corrected chi connectivity index (χ3v) is 9.34. The number of nitrogens with zero attached hydrogens (tertiary/aromatic N) is 8. The number of pyridine rings is 2. The number of halogens is 1. The molecular weight excluding hydrogens is 585 g/mol. The number of H-pyrrole nitrogens is 1. The summed E-state index contributed by atoms with van der Waals surface area (Å²) in [6, 6.07) is 5.54. The van der Waals surface area contributed by atoms with E-state index < -0.39 is 11.5 Å². The van der Waals surface area contributed by atoms with E-state index in [0.29, 0.717) is 66.4 Å². The lowest BCUT2D eigenvalue weighted by Gasteiger charge is -2.44. The van der Waals surface area contributed by atoms with Gasteiger partial charge in [0.25, 0.3) is 0 Å². The van der Waals surface area contributed by atoms with Crippen molar-refractivity contribution in [2.75, 3.05) is 43.0 Å². The molecule has 2 aliphatic heterocycles. The number of carbonyl (C=O) groups is 1. The maximum Gasteiger partial charge on any atom is 0.355 e. The van der Waals surface area contributed by atoms with Gasteiger partial charge in [-0.1, -0.05) is 26.5 Å². The third-order valence-electron chi connectivity index (χ3n) is 9.34. The summed E-state index contributed by atoms with van der Waals surface area (Å²) in [6.45, 7) is 13.3. The molecule has 11 nitrogen and oxygen atoms in total. The fourth-order valence-electron chi connectivity index (χ4n) is 7.02. The van der Waals surface area contributed by atoms with E-state index >= 15 is 4.39 Å². The predicted octanol–water partition coefficient (Wildman–Crippen LogP) is 4.64. The molecule has 1 N–H and O–H groups in total. The van der Waals surface area contributed by atoms with Crippen molar-refractivity contribution in [3.05, 3.63) is 76.4 Å². The first kappa shape index (κ1) is 29.6. The van der Waals surface area contributed by atoms with Crippen LogP contribution in [-0.4, -0.2) is 79.8 Å². The molecule has 0 spiro atoms. The lowest BCUT2D eigenvalue weighted by atomic mass is 9.98. The molecule has 12 heteroatoms. The van der Waals surface area contributed by atoms with Crippen molar-refractivity contribution in [1.29, 1.82) is 0 Å². The monoisotopic (exact) mass is 621 g/mol. The number of aryl methyl sites for hydroxylation is 2. The van der Waals surface area contributed by atoms with Crippen LogP contribution >= 0.6 is 0 Å². The second kappa shape index (κ2) is 11.0. The fourth-order valence-corrected chi connectivity index (χ4v) is 7.02. The number of amides is 1. The molecule has 1 atom stereocenters. The first-order valence-corrected chi connectivity index (χ1v) is 15.5. The van der Waals surface area contributed by atoms with Crippen LogP contribution in [-0.2, 0) is 4.79 Å². The van der Waals surface area contributed by atoms with E-state index in [9.17, 15) is 9.59 Å². The van der Waals surface area contributed by atoms with Gasteiger partial charge in [0.2, 0.25) is 5.91 Å². The van der Waals surface area contributed by atoms with Gasteiger partial charge in [-0.3, -0.25) is 14.9 Å². The Balaban J connectivity index is 1.62. The van der Waals surface area contributed by atoms with Crippen molar-refractivity contribution in [3.63, 3.8) is 0 Å². The van der Waals surface area contributed by atoms with Crippen molar-refractivity contribution in [2.45, 2.75) is 46.1 Å². The van der Waals surface area contributed by atoms with Gasteiger partial charge >= 0.3 is 5.69 Å². The topological polar surface area (TPSA) is 116 Å². The number of rotatable bonds is 4. The van der Waals surface area contributed by atoms with E-state index in [1.54, 1.807) is 17.3 Å². The number of anilines is 2. The first-order valence-electron chi connectivity index (χ1n) is 15.5. The highest BCUT2D eigenvalue weighted by molar-refractivity contribution is 6.04. The molecule has 46 heavy (non-hydrogen) atoms. The summed E-state index contributed by atoms with van der Waals surface area (Å²) in [5.74, 6) is -0.277. The zero-order valence-corrected chi connectivity index (χ0v) is 26.6. The quantitative estimate of drug-likeness (QED) is 0.289. The summed E-state index contributed by atoms with van der Waals surface area (Å²) in [4.78, 5) is 47.1. The second-order valence-electron chi connectivity index (χ2n) is 12.5. The van der Waals surface area contributed by atoms with E-state index in [4.69, 9.17) is 9.97 Å². The van der Waals surface area contributed by atoms with Crippen LogP contribution in [0.1, 0.15) is 43.0 Å². The number of aromatic nitrogens is 6. The largest absolute Gasteiger partial charge is 0.371 e. The molecule has 0 radical (unpaired) electrons. The van der Waals surface area contributed by atoms with Crippen LogP contribution in [0.15, 0.2) is 48.0 Å². The number of piperazine rings is 1. The molecule has 4 aromatic heterocycles. The Morgan fingerprint density at radius 1 is 1.11 bits per heavy atom. The van der Waals surface area contributed by atoms with E-state index in [2.05, 4.69) is 26.7 Å². The summed E-state index contributed by atoms with van der Waals surface area (Å²) >= 11 is 0. The van der Waals surface area contributed by atoms with Gasteiger partial charge in [-0.2, -0.15) is 10.1 Å². The van der Waals surface area contributed by atoms with Crippen molar-refractivity contribution in [2.24, 2.45) is 0 Å². The van der Waals surface area contributed by atoms with Gasteiger partial charge in [-0.05, 0) is 55.5 Å². The molecule has 5 aromatic rings. The van der Waals surface area contributed by atoms with Crippen LogP contribution in [0.25, 0.3) is 38.9 Å². The molecule has 1 aromatic carbocycles. The highest BCUT2D eigenvalue weighted by atomic mass is 19.1. The Morgan fingerprint density at radius 2 is 1.91 bits per heavy atom. The minimum Gasteiger partial charge on any atom is -0.371 e. The summed E-state index contributed by atoms with van der Waals surface area (Å²) in [7, 11) is 1.85. The van der Waals surface area contributed by atoms with Crippen molar-refractivity contribution >= 4 is 39.3 Å². The predicted molar refractivity (Wildman–Crippen MR) is 177 cm³/mol. The maximum atomic E-state index is 17.3. The number of benzene rings is 1. The third kappa shape index (κ3) is 4.45. The SMILES string of the molecule is C=CC(=O)N1CCN2c3nc(=O)n(-c4c(C)ccnc4C(C)C)c4nc(-c5c(C)ccc6[nH]ncc56)c(F)c(c34)N(C)CCC2C1. The van der Waals surface area contributed by atoms with Gasteiger partial charge in [-0.25, -0.2) is 18.7 Å². The Hall–Kier alpha value is -5.13. The average Bonchev–Trinajstić information content (AvgIpc) is 3.51. The minimum absolute atomic E-state index is 0.0146. The zero-order valence-electron chi connectivity index (χ0n) is 26.6.